The van der Waals surface area contributed by atoms with Gasteiger partial charge >= 0.3 is 6.03 Å². The third kappa shape index (κ3) is 7.45. The first-order valence-electron chi connectivity index (χ1n) is 8.56. The first-order chi connectivity index (χ1) is 11.0. The van der Waals surface area contributed by atoms with Gasteiger partial charge in [0.05, 0.1) is 12.5 Å². The highest BCUT2D eigenvalue weighted by Crippen LogP contribution is 2.16. The van der Waals surface area contributed by atoms with Crippen LogP contribution in [-0.4, -0.2) is 55.0 Å². The topological polar surface area (TPSA) is 90.5 Å². The first kappa shape index (κ1) is 19.4. The molecule has 2 atom stereocenters. The van der Waals surface area contributed by atoms with Crippen molar-refractivity contribution in [2.24, 2.45) is 5.92 Å². The van der Waals surface area contributed by atoms with Crippen LogP contribution in [-0.2, 0) is 9.59 Å². The Bertz CT molecular complexity index is 414. The molecular weight excluding hydrogens is 296 g/mol. The third-order valence-corrected chi connectivity index (χ3v) is 3.94. The summed E-state index contributed by atoms with van der Waals surface area (Å²) in [5, 5.41) is 7.85. The van der Waals surface area contributed by atoms with E-state index in [0.29, 0.717) is 13.1 Å². The largest absolute Gasteiger partial charge is 0.353 e. The molecule has 132 valence electrons. The molecule has 1 rings (SSSR count). The molecule has 2 unspecified atom stereocenters. The predicted octanol–water partition coefficient (Wildman–Crippen LogP) is 0.849. The molecule has 0 bridgehead atoms. The van der Waals surface area contributed by atoms with Crippen LogP contribution in [0.25, 0.3) is 0 Å². The van der Waals surface area contributed by atoms with Gasteiger partial charge in [-0.1, -0.05) is 13.3 Å². The van der Waals surface area contributed by atoms with E-state index in [0.717, 1.165) is 32.2 Å². The minimum absolute atomic E-state index is 0.0692. The van der Waals surface area contributed by atoms with Crippen molar-refractivity contribution in [3.63, 3.8) is 0 Å². The smallest absolute Gasteiger partial charge is 0.321 e. The van der Waals surface area contributed by atoms with Crippen LogP contribution in [0.2, 0.25) is 0 Å². The molecule has 1 heterocycles. The molecule has 0 aromatic carbocycles. The average Bonchev–Trinajstić information content (AvgIpc) is 2.47. The number of nitrogens with one attached hydrogen (secondary N) is 3. The van der Waals surface area contributed by atoms with Crippen LogP contribution in [0.4, 0.5) is 4.79 Å². The fourth-order valence-electron chi connectivity index (χ4n) is 2.85. The number of urea groups is 1. The number of imide groups is 1. The molecule has 0 spiro atoms. The number of piperidine rings is 1. The SMILES string of the molecule is CCCC(C)NC(=O)C1CCCN(CC(=O)NC(=O)NCC)C1. The lowest BCUT2D eigenvalue weighted by atomic mass is 9.96. The molecule has 1 saturated heterocycles. The minimum Gasteiger partial charge on any atom is -0.353 e. The molecular formula is C16H30N4O3. The lowest BCUT2D eigenvalue weighted by molar-refractivity contribution is -0.129. The third-order valence-electron chi connectivity index (χ3n) is 3.94. The van der Waals surface area contributed by atoms with E-state index in [2.05, 4.69) is 22.9 Å². The van der Waals surface area contributed by atoms with Gasteiger partial charge in [-0.05, 0) is 39.7 Å². The Morgan fingerprint density at radius 2 is 2.00 bits per heavy atom. The van der Waals surface area contributed by atoms with E-state index in [1.807, 2.05) is 11.8 Å². The average molecular weight is 326 g/mol. The van der Waals surface area contributed by atoms with Crippen LogP contribution in [0.15, 0.2) is 0 Å². The van der Waals surface area contributed by atoms with Gasteiger partial charge < -0.3 is 10.6 Å². The Morgan fingerprint density at radius 1 is 1.26 bits per heavy atom. The fraction of sp³-hybridized carbons (Fsp3) is 0.812. The quantitative estimate of drug-likeness (QED) is 0.647. The second-order valence-electron chi connectivity index (χ2n) is 6.18. The summed E-state index contributed by atoms with van der Waals surface area (Å²) in [6.07, 6.45) is 3.74. The molecule has 4 amide bonds. The molecule has 0 aromatic rings. The summed E-state index contributed by atoms with van der Waals surface area (Å²) < 4.78 is 0. The van der Waals surface area contributed by atoms with Gasteiger partial charge in [-0.3, -0.25) is 19.8 Å². The van der Waals surface area contributed by atoms with Crippen LogP contribution in [0.3, 0.4) is 0 Å². The van der Waals surface area contributed by atoms with Crippen LogP contribution < -0.4 is 16.0 Å². The van der Waals surface area contributed by atoms with Gasteiger partial charge in [0, 0.05) is 19.1 Å². The Kier molecular flexibility index (Phi) is 8.61. The van der Waals surface area contributed by atoms with Crippen molar-refractivity contribution in [2.45, 2.75) is 52.5 Å². The highest BCUT2D eigenvalue weighted by Gasteiger charge is 2.27. The molecule has 1 aliphatic heterocycles. The van der Waals surface area contributed by atoms with E-state index >= 15 is 0 Å². The molecule has 7 nitrogen and oxygen atoms in total. The van der Waals surface area contributed by atoms with E-state index < -0.39 is 6.03 Å². The highest BCUT2D eigenvalue weighted by molar-refractivity contribution is 5.95. The lowest BCUT2D eigenvalue weighted by Crippen LogP contribution is -2.49. The van der Waals surface area contributed by atoms with Crippen LogP contribution in [0.5, 0.6) is 0 Å². The van der Waals surface area contributed by atoms with Crippen LogP contribution in [0.1, 0.15) is 46.5 Å². The zero-order valence-corrected chi connectivity index (χ0v) is 14.5. The Hall–Kier alpha value is -1.63. The summed E-state index contributed by atoms with van der Waals surface area (Å²) in [5.74, 6) is -0.350. The van der Waals surface area contributed by atoms with E-state index in [4.69, 9.17) is 0 Å². The van der Waals surface area contributed by atoms with Crippen molar-refractivity contribution in [3.05, 3.63) is 0 Å². The maximum absolute atomic E-state index is 12.3. The van der Waals surface area contributed by atoms with Gasteiger partial charge in [0.2, 0.25) is 11.8 Å². The second-order valence-corrected chi connectivity index (χ2v) is 6.18. The standard InChI is InChI=1S/C16H30N4O3/c1-4-7-12(3)18-15(22)13-8-6-9-20(10-13)11-14(21)19-16(23)17-5-2/h12-13H,4-11H2,1-3H3,(H,18,22)(H2,17,19,21,23). The van der Waals surface area contributed by atoms with Gasteiger partial charge in [-0.2, -0.15) is 0 Å². The van der Waals surface area contributed by atoms with E-state index in [9.17, 15) is 14.4 Å². The van der Waals surface area contributed by atoms with Gasteiger partial charge in [-0.25, -0.2) is 4.79 Å². The van der Waals surface area contributed by atoms with Crippen LogP contribution in [0, 0.1) is 5.92 Å². The van der Waals surface area contributed by atoms with Crippen molar-refractivity contribution in [3.8, 4) is 0 Å². The Balaban J connectivity index is 2.40. The molecule has 3 N–H and O–H groups in total. The number of hydrogen-bond donors (Lipinski definition) is 3. The van der Waals surface area contributed by atoms with E-state index in [-0.39, 0.29) is 30.3 Å². The van der Waals surface area contributed by atoms with Crippen molar-refractivity contribution in [1.29, 1.82) is 0 Å². The molecule has 1 aliphatic rings. The summed E-state index contributed by atoms with van der Waals surface area (Å²) >= 11 is 0. The molecule has 0 saturated carbocycles. The molecule has 1 fully saturated rings. The zero-order valence-electron chi connectivity index (χ0n) is 14.5. The zero-order chi connectivity index (χ0) is 17.2. The normalized spacial score (nSPS) is 19.7. The fourth-order valence-corrected chi connectivity index (χ4v) is 2.85. The van der Waals surface area contributed by atoms with Crippen molar-refractivity contribution in [2.75, 3.05) is 26.2 Å². The number of carbonyl (C=O) groups excluding carboxylic acids is 3. The molecule has 0 aliphatic carbocycles. The molecule has 0 radical (unpaired) electrons. The van der Waals surface area contributed by atoms with Gasteiger partial charge in [0.1, 0.15) is 0 Å². The monoisotopic (exact) mass is 326 g/mol. The van der Waals surface area contributed by atoms with Crippen molar-refractivity contribution >= 4 is 17.8 Å². The molecule has 23 heavy (non-hydrogen) atoms. The van der Waals surface area contributed by atoms with Crippen molar-refractivity contribution in [1.82, 2.24) is 20.9 Å². The number of hydrogen-bond acceptors (Lipinski definition) is 4. The molecule has 0 aromatic heterocycles. The Morgan fingerprint density at radius 3 is 2.65 bits per heavy atom. The molecule has 7 heteroatoms. The van der Waals surface area contributed by atoms with Crippen LogP contribution >= 0.6 is 0 Å². The summed E-state index contributed by atoms with van der Waals surface area (Å²) in [5.41, 5.74) is 0. The number of carbonyl (C=O) groups is 3. The summed E-state index contributed by atoms with van der Waals surface area (Å²) in [4.78, 5) is 37.4. The lowest BCUT2D eigenvalue weighted by Gasteiger charge is -2.32. The van der Waals surface area contributed by atoms with E-state index in [1.54, 1.807) is 6.92 Å². The first-order valence-corrected chi connectivity index (χ1v) is 8.56. The van der Waals surface area contributed by atoms with Gasteiger partial charge in [0.25, 0.3) is 0 Å². The highest BCUT2D eigenvalue weighted by atomic mass is 16.2. The number of nitrogens with zero attached hydrogens (tertiary/aromatic N) is 1. The number of amides is 4. The second kappa shape index (κ2) is 10.2. The minimum atomic E-state index is -0.475. The maximum atomic E-state index is 12.3. The maximum Gasteiger partial charge on any atom is 0.321 e. The number of rotatable bonds is 7. The summed E-state index contributed by atoms with van der Waals surface area (Å²) in [7, 11) is 0. The number of likely N-dealkylation sites (tertiary alicyclic amines) is 1. The Labute approximate surface area is 138 Å². The van der Waals surface area contributed by atoms with Crippen molar-refractivity contribution < 1.29 is 14.4 Å². The predicted molar refractivity (Wildman–Crippen MR) is 88.9 cm³/mol. The van der Waals surface area contributed by atoms with E-state index in [1.165, 1.54) is 0 Å². The van der Waals surface area contributed by atoms with Gasteiger partial charge in [-0.15, -0.1) is 0 Å². The summed E-state index contributed by atoms with van der Waals surface area (Å²) in [6, 6.07) is -0.291. The summed E-state index contributed by atoms with van der Waals surface area (Å²) in [6.45, 7) is 7.86. The van der Waals surface area contributed by atoms with Gasteiger partial charge in [0.15, 0.2) is 0 Å².